The molecule has 0 amide bonds. The summed E-state index contributed by atoms with van der Waals surface area (Å²) < 4.78 is 1.00. The van der Waals surface area contributed by atoms with Crippen LogP contribution in [-0.2, 0) is 0 Å². The minimum absolute atomic E-state index is 0.609. The smallest absolute Gasteiger partial charge is 0.327 e. The van der Waals surface area contributed by atoms with Gasteiger partial charge < -0.3 is 5.21 Å². The van der Waals surface area contributed by atoms with Crippen molar-refractivity contribution in [3.05, 3.63) is 29.5 Å². The summed E-state index contributed by atoms with van der Waals surface area (Å²) in [4.78, 5) is 2.86. The highest BCUT2D eigenvalue weighted by molar-refractivity contribution is 6.34. The van der Waals surface area contributed by atoms with Crippen LogP contribution in [0.4, 0.5) is 0 Å². The summed E-state index contributed by atoms with van der Waals surface area (Å²) in [5.41, 5.74) is 0.609. The molecule has 4 heteroatoms. The van der Waals surface area contributed by atoms with Gasteiger partial charge in [0.25, 0.3) is 0 Å². The highest BCUT2D eigenvalue weighted by Gasteiger charge is 2.09. The van der Waals surface area contributed by atoms with Crippen LogP contribution in [0.5, 0.6) is 0 Å². The maximum absolute atomic E-state index is 9.21. The van der Waals surface area contributed by atoms with E-state index in [1.165, 1.54) is 6.20 Å². The van der Waals surface area contributed by atoms with Gasteiger partial charge in [0.05, 0.1) is 16.6 Å². The molecule has 2 heterocycles. The standard InChI is InChI=1S/C7H5ClN2O/c8-6-2-4-10(11)7-5(6)1-3-9-7/h1-4,11H/p+1. The summed E-state index contributed by atoms with van der Waals surface area (Å²) in [7, 11) is 0. The number of aromatic amines is 1. The van der Waals surface area contributed by atoms with E-state index in [1.807, 2.05) is 6.07 Å². The van der Waals surface area contributed by atoms with Gasteiger partial charge in [-0.3, -0.25) is 0 Å². The van der Waals surface area contributed by atoms with Crippen molar-refractivity contribution in [1.29, 1.82) is 0 Å². The largest absolute Gasteiger partial charge is 0.350 e. The molecule has 0 aliphatic heterocycles. The van der Waals surface area contributed by atoms with Crippen LogP contribution in [0.3, 0.4) is 0 Å². The Bertz CT molecular complexity index is 360. The van der Waals surface area contributed by atoms with Crippen molar-refractivity contribution in [3.8, 4) is 0 Å². The number of halogens is 1. The zero-order chi connectivity index (χ0) is 7.84. The fraction of sp³-hybridized carbons (Fsp3) is 0. The number of hydrogen-bond donors (Lipinski definition) is 2. The molecule has 2 rings (SSSR count). The third-order valence-electron chi connectivity index (χ3n) is 1.57. The van der Waals surface area contributed by atoms with Crippen molar-refractivity contribution < 1.29 is 9.94 Å². The number of nitrogens with one attached hydrogen (secondary N) is 1. The lowest BCUT2D eigenvalue weighted by atomic mass is 10.3. The Morgan fingerprint density at radius 2 is 2.27 bits per heavy atom. The van der Waals surface area contributed by atoms with Gasteiger partial charge in [-0.1, -0.05) is 16.3 Å². The number of fused-ring (bicyclic) bond motifs is 1. The summed E-state index contributed by atoms with van der Waals surface area (Å²) >= 11 is 5.83. The van der Waals surface area contributed by atoms with Crippen LogP contribution in [0, 0.1) is 0 Å². The van der Waals surface area contributed by atoms with E-state index in [9.17, 15) is 5.21 Å². The molecular weight excluding hydrogens is 164 g/mol. The lowest BCUT2D eigenvalue weighted by Gasteiger charge is -1.90. The van der Waals surface area contributed by atoms with Crippen molar-refractivity contribution in [3.63, 3.8) is 0 Å². The van der Waals surface area contributed by atoms with Crippen LogP contribution < -0.4 is 4.73 Å². The topological polar surface area (TPSA) is 39.9 Å². The van der Waals surface area contributed by atoms with Crippen LogP contribution in [0.1, 0.15) is 0 Å². The van der Waals surface area contributed by atoms with Crippen molar-refractivity contribution in [2.24, 2.45) is 0 Å². The van der Waals surface area contributed by atoms with Gasteiger partial charge in [0.15, 0.2) is 0 Å². The Kier molecular flexibility index (Phi) is 1.26. The monoisotopic (exact) mass is 169 g/mol. The lowest BCUT2D eigenvalue weighted by molar-refractivity contribution is -0.885. The molecule has 0 aliphatic rings. The molecule has 0 radical (unpaired) electrons. The number of H-pyrrole nitrogens is 1. The summed E-state index contributed by atoms with van der Waals surface area (Å²) in [5, 5.41) is 10.7. The maximum atomic E-state index is 9.21. The van der Waals surface area contributed by atoms with Crippen molar-refractivity contribution >= 4 is 22.6 Å². The van der Waals surface area contributed by atoms with E-state index in [0.29, 0.717) is 10.7 Å². The Morgan fingerprint density at radius 3 is 3.00 bits per heavy atom. The van der Waals surface area contributed by atoms with Gasteiger partial charge in [-0.15, -0.1) is 0 Å². The lowest BCUT2D eigenvalue weighted by Crippen LogP contribution is -2.30. The minimum Gasteiger partial charge on any atom is -0.350 e. The van der Waals surface area contributed by atoms with Crippen LogP contribution in [0.15, 0.2) is 24.5 Å². The van der Waals surface area contributed by atoms with E-state index in [-0.39, 0.29) is 0 Å². The first-order valence-corrected chi connectivity index (χ1v) is 3.53. The average molecular weight is 170 g/mol. The first-order chi connectivity index (χ1) is 5.29. The molecule has 2 aromatic rings. The molecule has 56 valence electrons. The molecule has 3 nitrogen and oxygen atoms in total. The molecule has 0 saturated carbocycles. The predicted octanol–water partition coefficient (Wildman–Crippen LogP) is 1.35. The molecule has 2 N–H and O–H groups in total. The zero-order valence-electron chi connectivity index (χ0n) is 5.58. The first kappa shape index (κ1) is 6.49. The van der Waals surface area contributed by atoms with Gasteiger partial charge >= 0.3 is 5.65 Å². The molecule has 0 fully saturated rings. The highest BCUT2D eigenvalue weighted by Crippen LogP contribution is 2.18. The van der Waals surface area contributed by atoms with Gasteiger partial charge in [0.2, 0.25) is 0 Å². The Morgan fingerprint density at radius 1 is 1.45 bits per heavy atom. The molecule has 0 atom stereocenters. The molecular formula is C7H6ClN2O+. The van der Waals surface area contributed by atoms with E-state index in [2.05, 4.69) is 4.98 Å². The van der Waals surface area contributed by atoms with E-state index in [1.54, 1.807) is 12.3 Å². The SMILES string of the molecule is O[n+]1ccc(Cl)c2cc[nH]c21. The van der Waals surface area contributed by atoms with Crippen LogP contribution in [-0.4, -0.2) is 10.2 Å². The number of aromatic nitrogens is 2. The predicted molar refractivity (Wildman–Crippen MR) is 40.7 cm³/mol. The van der Waals surface area contributed by atoms with E-state index in [4.69, 9.17) is 11.6 Å². The maximum Gasteiger partial charge on any atom is 0.327 e. The van der Waals surface area contributed by atoms with Gasteiger partial charge in [0, 0.05) is 6.07 Å². The number of nitrogens with zero attached hydrogens (tertiary/aromatic N) is 1. The Balaban J connectivity index is 2.96. The summed E-state index contributed by atoms with van der Waals surface area (Å²) in [6, 6.07) is 3.45. The number of hydrogen-bond acceptors (Lipinski definition) is 1. The molecule has 0 saturated heterocycles. The van der Waals surface area contributed by atoms with Gasteiger partial charge in [-0.25, -0.2) is 4.98 Å². The number of pyridine rings is 1. The van der Waals surface area contributed by atoms with Crippen molar-refractivity contribution in [2.45, 2.75) is 0 Å². The summed E-state index contributed by atoms with van der Waals surface area (Å²) in [6.45, 7) is 0. The van der Waals surface area contributed by atoms with Crippen molar-refractivity contribution in [1.82, 2.24) is 4.98 Å². The van der Waals surface area contributed by atoms with E-state index >= 15 is 0 Å². The highest BCUT2D eigenvalue weighted by atomic mass is 35.5. The van der Waals surface area contributed by atoms with Gasteiger partial charge in [0.1, 0.15) is 6.20 Å². The fourth-order valence-corrected chi connectivity index (χ4v) is 1.25. The number of rotatable bonds is 0. The molecule has 0 unspecified atom stereocenters. The third kappa shape index (κ3) is 0.851. The van der Waals surface area contributed by atoms with Crippen LogP contribution in [0.2, 0.25) is 5.02 Å². The molecule has 0 aromatic carbocycles. The van der Waals surface area contributed by atoms with Crippen LogP contribution in [0.25, 0.3) is 11.0 Å². The normalized spacial score (nSPS) is 10.6. The molecule has 0 bridgehead atoms. The third-order valence-corrected chi connectivity index (χ3v) is 1.90. The van der Waals surface area contributed by atoms with E-state index in [0.717, 1.165) is 10.1 Å². The molecule has 2 aromatic heterocycles. The Hall–Kier alpha value is -1.22. The first-order valence-electron chi connectivity index (χ1n) is 3.15. The second-order valence-electron chi connectivity index (χ2n) is 2.25. The fourth-order valence-electron chi connectivity index (χ4n) is 1.04. The quantitative estimate of drug-likeness (QED) is 0.454. The molecule has 0 spiro atoms. The molecule has 11 heavy (non-hydrogen) atoms. The second-order valence-corrected chi connectivity index (χ2v) is 2.66. The molecule has 0 aliphatic carbocycles. The van der Waals surface area contributed by atoms with Gasteiger partial charge in [-0.05, 0) is 6.07 Å². The minimum atomic E-state index is 0.609. The Labute approximate surface area is 67.8 Å². The average Bonchev–Trinajstić information content (AvgIpc) is 2.45. The zero-order valence-corrected chi connectivity index (χ0v) is 6.34. The van der Waals surface area contributed by atoms with Crippen molar-refractivity contribution in [2.75, 3.05) is 0 Å². The van der Waals surface area contributed by atoms with E-state index < -0.39 is 0 Å². The summed E-state index contributed by atoms with van der Waals surface area (Å²) in [6.07, 6.45) is 3.21. The van der Waals surface area contributed by atoms with Crippen LogP contribution >= 0.6 is 11.6 Å². The summed E-state index contributed by atoms with van der Waals surface area (Å²) in [5.74, 6) is 0. The van der Waals surface area contributed by atoms with Gasteiger partial charge in [-0.2, -0.15) is 0 Å². The second kappa shape index (κ2) is 2.13.